The Kier molecular flexibility index (Phi) is 4.53. The van der Waals surface area contributed by atoms with Crippen molar-refractivity contribution in [1.82, 2.24) is 0 Å². The Bertz CT molecular complexity index is 693. The van der Waals surface area contributed by atoms with Gasteiger partial charge in [-0.25, -0.2) is 0 Å². The molecule has 0 bridgehead atoms. The van der Waals surface area contributed by atoms with Gasteiger partial charge in [-0.1, -0.05) is 36.4 Å². The number of ether oxygens (including phenoxy) is 1. The van der Waals surface area contributed by atoms with Crippen LogP contribution >= 0.6 is 11.3 Å². The smallest absolute Gasteiger partial charge is 0.119 e. The van der Waals surface area contributed by atoms with Crippen molar-refractivity contribution >= 4 is 21.4 Å². The van der Waals surface area contributed by atoms with Crippen molar-refractivity contribution in [2.75, 3.05) is 6.61 Å². The van der Waals surface area contributed by atoms with Crippen molar-refractivity contribution in [2.24, 2.45) is 5.73 Å². The number of benzene rings is 2. The van der Waals surface area contributed by atoms with Gasteiger partial charge in [-0.15, -0.1) is 11.3 Å². The minimum absolute atomic E-state index is 0.131. The van der Waals surface area contributed by atoms with E-state index in [-0.39, 0.29) is 6.04 Å². The molecule has 1 atom stereocenters. The van der Waals surface area contributed by atoms with Gasteiger partial charge in [0.1, 0.15) is 5.75 Å². The third kappa shape index (κ3) is 3.63. The van der Waals surface area contributed by atoms with Crippen LogP contribution in [0.5, 0.6) is 5.75 Å². The summed E-state index contributed by atoms with van der Waals surface area (Å²) in [7, 11) is 0. The average Bonchev–Trinajstić information content (AvgIpc) is 2.92. The lowest BCUT2D eigenvalue weighted by atomic mass is 10.0. The van der Waals surface area contributed by atoms with E-state index in [2.05, 4.69) is 29.6 Å². The number of nitrogens with two attached hydrogens (primary N) is 1. The first-order chi connectivity index (χ1) is 10.3. The lowest BCUT2D eigenvalue weighted by Gasteiger charge is -2.12. The minimum atomic E-state index is 0.131. The zero-order valence-electron chi connectivity index (χ0n) is 11.9. The van der Waals surface area contributed by atoms with Gasteiger partial charge < -0.3 is 10.5 Å². The monoisotopic (exact) mass is 297 g/mol. The van der Waals surface area contributed by atoms with Crippen LogP contribution in [0, 0.1) is 0 Å². The molecule has 1 heterocycles. The summed E-state index contributed by atoms with van der Waals surface area (Å²) in [5.41, 5.74) is 7.59. The Balaban J connectivity index is 1.53. The molecule has 0 fully saturated rings. The Morgan fingerprint density at radius 3 is 2.62 bits per heavy atom. The summed E-state index contributed by atoms with van der Waals surface area (Å²) in [4.78, 5) is 0. The lowest BCUT2D eigenvalue weighted by molar-refractivity contribution is 0.297. The molecule has 108 valence electrons. The molecule has 1 aromatic heterocycles. The van der Waals surface area contributed by atoms with Gasteiger partial charge in [0.25, 0.3) is 0 Å². The molecule has 0 amide bonds. The quantitative estimate of drug-likeness (QED) is 0.738. The van der Waals surface area contributed by atoms with Crippen LogP contribution in [-0.4, -0.2) is 12.6 Å². The number of fused-ring (bicyclic) bond motifs is 1. The zero-order chi connectivity index (χ0) is 14.5. The summed E-state index contributed by atoms with van der Waals surface area (Å²) < 4.78 is 7.04. The van der Waals surface area contributed by atoms with Gasteiger partial charge >= 0.3 is 0 Å². The van der Waals surface area contributed by atoms with Gasteiger partial charge in [0.2, 0.25) is 0 Å². The third-order valence-corrected chi connectivity index (χ3v) is 4.56. The van der Waals surface area contributed by atoms with Gasteiger partial charge in [0, 0.05) is 10.7 Å². The van der Waals surface area contributed by atoms with Gasteiger partial charge in [-0.2, -0.15) is 0 Å². The molecule has 0 spiro atoms. The van der Waals surface area contributed by atoms with E-state index in [0.717, 1.165) is 18.6 Å². The van der Waals surface area contributed by atoms with E-state index in [9.17, 15) is 0 Å². The Morgan fingerprint density at radius 1 is 1.00 bits per heavy atom. The number of hydrogen-bond acceptors (Lipinski definition) is 3. The van der Waals surface area contributed by atoms with E-state index in [1.54, 1.807) is 11.3 Å². The number of thiophene rings is 1. The highest BCUT2D eigenvalue weighted by Crippen LogP contribution is 2.26. The SMILES string of the molecule is NC(CCOc1ccccc1)Cc1csc2ccccc12. The molecule has 3 rings (SSSR count). The summed E-state index contributed by atoms with van der Waals surface area (Å²) in [5.74, 6) is 0.908. The Morgan fingerprint density at radius 2 is 1.76 bits per heavy atom. The molecule has 3 heteroatoms. The van der Waals surface area contributed by atoms with E-state index in [1.165, 1.54) is 15.6 Å². The van der Waals surface area contributed by atoms with Crippen LogP contribution in [0.1, 0.15) is 12.0 Å². The van der Waals surface area contributed by atoms with E-state index in [4.69, 9.17) is 10.5 Å². The first-order valence-corrected chi connectivity index (χ1v) is 8.09. The molecule has 3 aromatic rings. The Hall–Kier alpha value is -1.84. The van der Waals surface area contributed by atoms with Crippen molar-refractivity contribution in [1.29, 1.82) is 0 Å². The maximum Gasteiger partial charge on any atom is 0.119 e. The highest BCUT2D eigenvalue weighted by molar-refractivity contribution is 7.17. The molecule has 2 N–H and O–H groups in total. The second-order valence-corrected chi connectivity index (χ2v) is 6.08. The van der Waals surface area contributed by atoms with E-state index < -0.39 is 0 Å². The van der Waals surface area contributed by atoms with Crippen LogP contribution < -0.4 is 10.5 Å². The highest BCUT2D eigenvalue weighted by atomic mass is 32.1. The number of rotatable bonds is 6. The van der Waals surface area contributed by atoms with Crippen molar-refractivity contribution in [3.05, 3.63) is 65.5 Å². The predicted octanol–water partition coefficient (Wildman–Crippen LogP) is 4.24. The summed E-state index contributed by atoms with van der Waals surface area (Å²) in [6, 6.07) is 18.5. The minimum Gasteiger partial charge on any atom is -0.494 e. The Labute approximate surface area is 129 Å². The van der Waals surface area contributed by atoms with Crippen LogP contribution in [0.4, 0.5) is 0 Å². The lowest BCUT2D eigenvalue weighted by Crippen LogP contribution is -2.25. The maximum atomic E-state index is 6.24. The van der Waals surface area contributed by atoms with Crippen LogP contribution in [0.25, 0.3) is 10.1 Å². The van der Waals surface area contributed by atoms with Crippen LogP contribution in [-0.2, 0) is 6.42 Å². The molecule has 0 aliphatic heterocycles. The van der Waals surface area contributed by atoms with Crippen LogP contribution in [0.3, 0.4) is 0 Å². The molecule has 2 nitrogen and oxygen atoms in total. The molecule has 0 saturated heterocycles. The zero-order valence-corrected chi connectivity index (χ0v) is 12.7. The summed E-state index contributed by atoms with van der Waals surface area (Å²) in [6.07, 6.45) is 1.77. The van der Waals surface area contributed by atoms with E-state index in [0.29, 0.717) is 6.61 Å². The van der Waals surface area contributed by atoms with Crippen molar-refractivity contribution in [2.45, 2.75) is 18.9 Å². The summed E-state index contributed by atoms with van der Waals surface area (Å²) >= 11 is 1.79. The van der Waals surface area contributed by atoms with Gasteiger partial charge in [-0.05, 0) is 47.4 Å². The molecular formula is C18H19NOS. The van der Waals surface area contributed by atoms with E-state index >= 15 is 0 Å². The number of para-hydroxylation sites is 1. The molecule has 21 heavy (non-hydrogen) atoms. The average molecular weight is 297 g/mol. The van der Waals surface area contributed by atoms with Crippen molar-refractivity contribution in [3.63, 3.8) is 0 Å². The van der Waals surface area contributed by atoms with Gasteiger partial charge in [-0.3, -0.25) is 0 Å². The summed E-state index contributed by atoms with van der Waals surface area (Å²) in [6.45, 7) is 0.660. The topological polar surface area (TPSA) is 35.2 Å². The molecule has 0 aliphatic rings. The normalized spacial score (nSPS) is 12.4. The standard InChI is InChI=1S/C18H19NOS/c19-15(10-11-20-16-6-2-1-3-7-16)12-14-13-21-18-9-5-4-8-17(14)18/h1-9,13,15H,10-12,19H2. The predicted molar refractivity (Wildman–Crippen MR) is 90.1 cm³/mol. The fraction of sp³-hybridized carbons (Fsp3) is 0.222. The number of hydrogen-bond donors (Lipinski definition) is 1. The fourth-order valence-corrected chi connectivity index (χ4v) is 3.40. The molecule has 0 saturated carbocycles. The first-order valence-electron chi connectivity index (χ1n) is 7.21. The van der Waals surface area contributed by atoms with Crippen LogP contribution in [0.2, 0.25) is 0 Å². The molecule has 0 aliphatic carbocycles. The molecular weight excluding hydrogens is 278 g/mol. The van der Waals surface area contributed by atoms with Gasteiger partial charge in [0.15, 0.2) is 0 Å². The van der Waals surface area contributed by atoms with E-state index in [1.807, 2.05) is 30.3 Å². The van der Waals surface area contributed by atoms with Gasteiger partial charge in [0.05, 0.1) is 6.61 Å². The van der Waals surface area contributed by atoms with Crippen molar-refractivity contribution in [3.8, 4) is 5.75 Å². The summed E-state index contributed by atoms with van der Waals surface area (Å²) in [5, 5.41) is 3.56. The molecule has 0 radical (unpaired) electrons. The third-order valence-electron chi connectivity index (χ3n) is 3.54. The van der Waals surface area contributed by atoms with Crippen LogP contribution in [0.15, 0.2) is 60.0 Å². The second-order valence-electron chi connectivity index (χ2n) is 5.17. The largest absolute Gasteiger partial charge is 0.494 e. The maximum absolute atomic E-state index is 6.24. The second kappa shape index (κ2) is 6.74. The molecule has 2 aromatic carbocycles. The van der Waals surface area contributed by atoms with Crippen molar-refractivity contribution < 1.29 is 4.74 Å². The molecule has 1 unspecified atom stereocenters. The first kappa shape index (κ1) is 14.1. The highest BCUT2D eigenvalue weighted by Gasteiger charge is 2.09. The fourth-order valence-electron chi connectivity index (χ4n) is 2.42.